The Hall–Kier alpha value is -1.66. The van der Waals surface area contributed by atoms with Gasteiger partial charge in [0.1, 0.15) is 0 Å². The van der Waals surface area contributed by atoms with Crippen molar-refractivity contribution >= 4 is 15.9 Å². The summed E-state index contributed by atoms with van der Waals surface area (Å²) < 4.78 is 27.5. The SMILES string of the molecule is CC(C)=C[C@@H]1[C@H](C(=O)N2CCCN(S(=O)(=O)c3ccc(C)cc3)CC2)C1(C)C. The van der Waals surface area contributed by atoms with Crippen molar-refractivity contribution in [2.24, 2.45) is 17.3 Å². The lowest BCUT2D eigenvalue weighted by Crippen LogP contribution is -2.38. The maximum Gasteiger partial charge on any atom is 0.243 e. The van der Waals surface area contributed by atoms with Crippen LogP contribution >= 0.6 is 0 Å². The Morgan fingerprint density at radius 2 is 1.71 bits per heavy atom. The van der Waals surface area contributed by atoms with Gasteiger partial charge in [0, 0.05) is 26.2 Å². The van der Waals surface area contributed by atoms with Crippen molar-refractivity contribution in [2.75, 3.05) is 26.2 Å². The lowest BCUT2D eigenvalue weighted by atomic mass is 10.1. The Labute approximate surface area is 169 Å². The van der Waals surface area contributed by atoms with Gasteiger partial charge in [-0.15, -0.1) is 0 Å². The Kier molecular flexibility index (Phi) is 5.74. The lowest BCUT2D eigenvalue weighted by molar-refractivity contribution is -0.133. The summed E-state index contributed by atoms with van der Waals surface area (Å²) in [4.78, 5) is 15.3. The van der Waals surface area contributed by atoms with Crippen LogP contribution in [0.25, 0.3) is 0 Å². The van der Waals surface area contributed by atoms with Gasteiger partial charge in [-0.25, -0.2) is 8.42 Å². The van der Waals surface area contributed by atoms with Gasteiger partial charge in [-0.1, -0.05) is 43.2 Å². The zero-order chi connectivity index (χ0) is 20.7. The van der Waals surface area contributed by atoms with Crippen molar-refractivity contribution in [3.63, 3.8) is 0 Å². The van der Waals surface area contributed by atoms with Crippen molar-refractivity contribution < 1.29 is 13.2 Å². The fraction of sp³-hybridized carbons (Fsp3) is 0.591. The third kappa shape index (κ3) is 4.03. The molecule has 0 radical (unpaired) electrons. The van der Waals surface area contributed by atoms with Gasteiger partial charge in [0.05, 0.1) is 10.8 Å². The molecule has 1 aromatic carbocycles. The van der Waals surface area contributed by atoms with E-state index in [0.29, 0.717) is 37.5 Å². The van der Waals surface area contributed by atoms with Crippen molar-refractivity contribution in [3.8, 4) is 0 Å². The first kappa shape index (κ1) is 21.1. The predicted octanol–water partition coefficient (Wildman–Crippen LogP) is 3.46. The van der Waals surface area contributed by atoms with E-state index in [1.54, 1.807) is 12.1 Å². The molecule has 1 heterocycles. The summed E-state index contributed by atoms with van der Waals surface area (Å²) in [6.07, 6.45) is 2.87. The van der Waals surface area contributed by atoms with E-state index < -0.39 is 10.0 Å². The average molecular weight is 405 g/mol. The van der Waals surface area contributed by atoms with Gasteiger partial charge >= 0.3 is 0 Å². The molecule has 0 bridgehead atoms. The first-order valence-electron chi connectivity index (χ1n) is 10.1. The zero-order valence-corrected chi connectivity index (χ0v) is 18.4. The van der Waals surface area contributed by atoms with Crippen LogP contribution in [0.3, 0.4) is 0 Å². The maximum absolute atomic E-state index is 13.1. The Morgan fingerprint density at radius 3 is 2.32 bits per heavy atom. The van der Waals surface area contributed by atoms with Gasteiger partial charge in [0.2, 0.25) is 15.9 Å². The number of rotatable bonds is 4. The molecule has 0 aromatic heterocycles. The van der Waals surface area contributed by atoms with Crippen LogP contribution in [0, 0.1) is 24.2 Å². The van der Waals surface area contributed by atoms with Crippen molar-refractivity contribution in [1.82, 2.24) is 9.21 Å². The van der Waals surface area contributed by atoms with E-state index in [9.17, 15) is 13.2 Å². The number of benzene rings is 1. The van der Waals surface area contributed by atoms with Crippen molar-refractivity contribution in [2.45, 2.75) is 45.9 Å². The Morgan fingerprint density at radius 1 is 1.07 bits per heavy atom. The molecule has 2 aliphatic rings. The quantitative estimate of drug-likeness (QED) is 0.722. The van der Waals surface area contributed by atoms with E-state index in [1.807, 2.05) is 24.0 Å². The van der Waals surface area contributed by atoms with Crippen LogP contribution < -0.4 is 0 Å². The first-order chi connectivity index (χ1) is 13.0. The standard InChI is InChI=1S/C22H32N2O3S/c1-16(2)15-19-20(22(19,4)5)21(25)23-11-6-12-24(14-13-23)28(26,27)18-9-7-17(3)8-10-18/h7-10,15,19-20H,6,11-14H2,1-5H3/t19-,20-/m1/s1. The second kappa shape index (κ2) is 7.64. The van der Waals surface area contributed by atoms with E-state index in [0.717, 1.165) is 5.56 Å². The fourth-order valence-corrected chi connectivity index (χ4v) is 5.70. The second-order valence-corrected chi connectivity index (χ2v) is 10.9. The molecular weight excluding hydrogens is 372 g/mol. The molecule has 2 atom stereocenters. The maximum atomic E-state index is 13.1. The number of aryl methyl sites for hydroxylation is 1. The van der Waals surface area contributed by atoms with Crippen LogP contribution in [-0.2, 0) is 14.8 Å². The molecular formula is C22H32N2O3S. The molecule has 1 aliphatic heterocycles. The molecule has 28 heavy (non-hydrogen) atoms. The second-order valence-electron chi connectivity index (χ2n) is 8.96. The number of hydrogen-bond donors (Lipinski definition) is 0. The van der Waals surface area contributed by atoms with Crippen LogP contribution in [0.15, 0.2) is 40.8 Å². The summed E-state index contributed by atoms with van der Waals surface area (Å²) in [5.74, 6) is 0.449. The summed E-state index contributed by atoms with van der Waals surface area (Å²) in [7, 11) is -3.52. The van der Waals surface area contributed by atoms with Gasteiger partial charge in [-0.3, -0.25) is 4.79 Å². The molecule has 5 nitrogen and oxygen atoms in total. The number of amides is 1. The molecule has 1 amide bonds. The number of allylic oxidation sites excluding steroid dienone is 2. The number of sulfonamides is 1. The third-order valence-electron chi connectivity index (χ3n) is 6.11. The lowest BCUT2D eigenvalue weighted by Gasteiger charge is -2.22. The largest absolute Gasteiger partial charge is 0.341 e. The van der Waals surface area contributed by atoms with Crippen LogP contribution in [0.1, 0.15) is 39.7 Å². The van der Waals surface area contributed by atoms with Crippen molar-refractivity contribution in [3.05, 3.63) is 41.5 Å². The minimum absolute atomic E-state index is 0.00246. The zero-order valence-electron chi connectivity index (χ0n) is 17.6. The van der Waals surface area contributed by atoms with Crippen LogP contribution in [0.5, 0.6) is 0 Å². The summed E-state index contributed by atoms with van der Waals surface area (Å²) in [6.45, 7) is 12.2. The van der Waals surface area contributed by atoms with Crippen LogP contribution in [0.4, 0.5) is 0 Å². The van der Waals surface area contributed by atoms with E-state index >= 15 is 0 Å². The number of carbonyl (C=O) groups excluding carboxylic acids is 1. The highest BCUT2D eigenvalue weighted by Crippen LogP contribution is 2.60. The fourth-order valence-electron chi connectivity index (χ4n) is 4.23. The molecule has 154 valence electrons. The van der Waals surface area contributed by atoms with Gasteiger partial charge in [-0.2, -0.15) is 4.31 Å². The smallest absolute Gasteiger partial charge is 0.243 e. The monoisotopic (exact) mass is 404 g/mol. The molecule has 0 unspecified atom stereocenters. The first-order valence-corrected chi connectivity index (χ1v) is 11.5. The summed E-state index contributed by atoms with van der Waals surface area (Å²) >= 11 is 0. The highest BCUT2D eigenvalue weighted by Gasteiger charge is 2.61. The van der Waals surface area contributed by atoms with Crippen LogP contribution in [0.2, 0.25) is 0 Å². The van der Waals surface area contributed by atoms with Gasteiger partial charge < -0.3 is 4.90 Å². The molecule has 2 fully saturated rings. The molecule has 1 aliphatic carbocycles. The number of hydrogen-bond acceptors (Lipinski definition) is 3. The normalized spacial score (nSPS) is 25.1. The van der Waals surface area contributed by atoms with E-state index in [1.165, 1.54) is 9.88 Å². The molecule has 1 saturated heterocycles. The van der Waals surface area contributed by atoms with Gasteiger partial charge in [0.15, 0.2) is 0 Å². The van der Waals surface area contributed by atoms with E-state index in [2.05, 4.69) is 33.8 Å². The number of nitrogens with zero attached hydrogens (tertiary/aromatic N) is 2. The molecule has 0 spiro atoms. The molecule has 1 aromatic rings. The highest BCUT2D eigenvalue weighted by molar-refractivity contribution is 7.89. The molecule has 6 heteroatoms. The molecule has 0 N–H and O–H groups in total. The third-order valence-corrected chi connectivity index (χ3v) is 8.03. The summed E-state index contributed by atoms with van der Waals surface area (Å²) in [5.41, 5.74) is 2.25. The van der Waals surface area contributed by atoms with Gasteiger partial charge in [0.25, 0.3) is 0 Å². The summed E-state index contributed by atoms with van der Waals surface area (Å²) in [5, 5.41) is 0. The van der Waals surface area contributed by atoms with Crippen molar-refractivity contribution in [1.29, 1.82) is 0 Å². The average Bonchev–Trinajstić information content (AvgIpc) is 3.24. The minimum atomic E-state index is -3.52. The molecule has 3 rings (SSSR count). The topological polar surface area (TPSA) is 57.7 Å². The molecule has 1 saturated carbocycles. The van der Waals surface area contributed by atoms with Gasteiger partial charge in [-0.05, 0) is 50.7 Å². The Balaban J connectivity index is 1.69. The number of carbonyl (C=O) groups is 1. The summed E-state index contributed by atoms with van der Waals surface area (Å²) in [6, 6.07) is 6.96. The predicted molar refractivity (Wildman–Crippen MR) is 111 cm³/mol. The minimum Gasteiger partial charge on any atom is -0.341 e. The Bertz CT molecular complexity index is 868. The van der Waals surface area contributed by atoms with E-state index in [4.69, 9.17) is 0 Å². The van der Waals surface area contributed by atoms with Crippen LogP contribution in [-0.4, -0.2) is 49.7 Å². The highest BCUT2D eigenvalue weighted by atomic mass is 32.2. The van der Waals surface area contributed by atoms with E-state index in [-0.39, 0.29) is 23.2 Å².